The second kappa shape index (κ2) is 7.15. The summed E-state index contributed by atoms with van der Waals surface area (Å²) in [6.45, 7) is 5.19. The average Bonchev–Trinajstić information content (AvgIpc) is 2.90. The molecule has 0 radical (unpaired) electrons. The van der Waals surface area contributed by atoms with Gasteiger partial charge in [-0.15, -0.1) is 0 Å². The quantitative estimate of drug-likeness (QED) is 0.689. The lowest BCUT2D eigenvalue weighted by molar-refractivity contribution is -0.127. The zero-order valence-electron chi connectivity index (χ0n) is 14.8. The topological polar surface area (TPSA) is 37.3 Å². The summed E-state index contributed by atoms with van der Waals surface area (Å²) < 4.78 is 0. The lowest BCUT2D eigenvalue weighted by Gasteiger charge is -2.54. The molecular formula is C20H33BrO2. The first kappa shape index (κ1) is 17.9. The van der Waals surface area contributed by atoms with Crippen molar-refractivity contribution in [3.8, 4) is 0 Å². The largest absolute Gasteiger partial charge is 0.396 e. The summed E-state index contributed by atoms with van der Waals surface area (Å²) in [4.78, 5) is 12.4. The Balaban J connectivity index is 1.78. The highest BCUT2D eigenvalue weighted by Gasteiger charge is 2.57. The molecule has 3 fully saturated rings. The molecule has 0 heterocycles. The maximum Gasteiger partial charge on any atom is 0.147 e. The van der Waals surface area contributed by atoms with Crippen molar-refractivity contribution in [1.29, 1.82) is 0 Å². The van der Waals surface area contributed by atoms with Crippen LogP contribution in [-0.2, 0) is 4.79 Å². The van der Waals surface area contributed by atoms with Crippen LogP contribution in [0.4, 0.5) is 0 Å². The van der Waals surface area contributed by atoms with Crippen LogP contribution in [0.2, 0.25) is 0 Å². The van der Waals surface area contributed by atoms with Crippen LogP contribution < -0.4 is 0 Å². The first-order valence-electron chi connectivity index (χ1n) is 9.72. The van der Waals surface area contributed by atoms with Gasteiger partial charge in [-0.1, -0.05) is 36.2 Å². The molecule has 2 nitrogen and oxygen atoms in total. The third-order valence-corrected chi connectivity index (χ3v) is 8.50. The van der Waals surface area contributed by atoms with Gasteiger partial charge in [0.05, 0.1) is 5.33 Å². The van der Waals surface area contributed by atoms with E-state index in [2.05, 4.69) is 29.8 Å². The molecule has 1 N–H and O–H groups in total. The predicted molar refractivity (Wildman–Crippen MR) is 97.5 cm³/mol. The van der Waals surface area contributed by atoms with E-state index >= 15 is 0 Å². The highest BCUT2D eigenvalue weighted by molar-refractivity contribution is 9.09. The number of aliphatic hydroxyl groups is 1. The fraction of sp³-hybridized carbons (Fsp3) is 0.950. The molecule has 3 aliphatic carbocycles. The number of aliphatic hydroxyl groups excluding tert-OH is 1. The van der Waals surface area contributed by atoms with Crippen molar-refractivity contribution in [2.24, 2.45) is 40.9 Å². The molecule has 0 amide bonds. The van der Waals surface area contributed by atoms with Crippen LogP contribution in [0.25, 0.3) is 0 Å². The number of fused-ring (bicyclic) bond motifs is 3. The van der Waals surface area contributed by atoms with Gasteiger partial charge in [0.2, 0.25) is 0 Å². The summed E-state index contributed by atoms with van der Waals surface area (Å²) in [5, 5.41) is 9.78. The molecule has 3 heteroatoms. The number of ketones is 1. The minimum Gasteiger partial charge on any atom is -0.396 e. The lowest BCUT2D eigenvalue weighted by atomic mass is 9.51. The number of hydrogen-bond donors (Lipinski definition) is 1. The second-order valence-electron chi connectivity index (χ2n) is 8.79. The first-order chi connectivity index (χ1) is 11.0. The van der Waals surface area contributed by atoms with Gasteiger partial charge in [0.15, 0.2) is 0 Å². The van der Waals surface area contributed by atoms with E-state index in [4.69, 9.17) is 0 Å². The Morgan fingerprint density at radius 1 is 1.17 bits per heavy atom. The monoisotopic (exact) mass is 384 g/mol. The molecule has 3 rings (SSSR count). The van der Waals surface area contributed by atoms with Crippen LogP contribution in [0, 0.1) is 40.9 Å². The van der Waals surface area contributed by atoms with Crippen LogP contribution >= 0.6 is 15.9 Å². The molecule has 7 atom stereocenters. The number of carbonyl (C=O) groups is 1. The first-order valence-corrected chi connectivity index (χ1v) is 10.8. The van der Waals surface area contributed by atoms with Crippen LogP contribution in [0.5, 0.6) is 0 Å². The molecular weight excluding hydrogens is 352 g/mol. The molecule has 3 saturated carbocycles. The number of alkyl halides is 1. The lowest BCUT2D eigenvalue weighted by Crippen LogP contribution is -2.48. The van der Waals surface area contributed by atoms with Crippen LogP contribution in [0.15, 0.2) is 0 Å². The molecule has 0 saturated heterocycles. The van der Waals surface area contributed by atoms with E-state index in [0.717, 1.165) is 42.4 Å². The van der Waals surface area contributed by atoms with E-state index in [1.807, 2.05) is 0 Å². The van der Waals surface area contributed by atoms with E-state index in [1.165, 1.54) is 38.5 Å². The minimum absolute atomic E-state index is 0.258. The van der Waals surface area contributed by atoms with Crippen molar-refractivity contribution in [3.05, 3.63) is 0 Å². The Morgan fingerprint density at radius 3 is 2.65 bits per heavy atom. The Bertz CT molecular complexity index is 437. The molecule has 0 spiro atoms. The number of hydrogen-bond acceptors (Lipinski definition) is 2. The van der Waals surface area contributed by atoms with Crippen LogP contribution in [0.3, 0.4) is 0 Å². The van der Waals surface area contributed by atoms with Gasteiger partial charge in [-0.3, -0.25) is 4.79 Å². The van der Waals surface area contributed by atoms with Crippen molar-refractivity contribution < 1.29 is 9.90 Å². The molecule has 132 valence electrons. The summed E-state index contributed by atoms with van der Waals surface area (Å²) in [6, 6.07) is 0. The Labute approximate surface area is 149 Å². The van der Waals surface area contributed by atoms with E-state index < -0.39 is 0 Å². The van der Waals surface area contributed by atoms with Gasteiger partial charge in [0.25, 0.3) is 0 Å². The number of rotatable bonds is 5. The fourth-order valence-corrected chi connectivity index (χ4v) is 7.19. The number of Topliss-reactive ketones (excluding diaryl/α,β-unsaturated/α-hetero) is 1. The van der Waals surface area contributed by atoms with E-state index in [0.29, 0.717) is 23.6 Å². The third-order valence-electron chi connectivity index (χ3n) is 7.94. The maximum atomic E-state index is 12.4. The van der Waals surface area contributed by atoms with Crippen LogP contribution in [-0.4, -0.2) is 22.8 Å². The van der Waals surface area contributed by atoms with Gasteiger partial charge in [-0.2, -0.15) is 0 Å². The molecule has 1 unspecified atom stereocenters. The molecule has 0 bridgehead atoms. The number of halogens is 1. The van der Waals surface area contributed by atoms with Gasteiger partial charge >= 0.3 is 0 Å². The molecule has 0 aromatic carbocycles. The van der Waals surface area contributed by atoms with Crippen molar-refractivity contribution in [2.45, 2.75) is 65.2 Å². The average molecular weight is 385 g/mol. The molecule has 3 aliphatic rings. The summed E-state index contributed by atoms with van der Waals surface area (Å²) in [6.07, 6.45) is 9.82. The standard InChI is InChI=1S/C20H33BrO2/c1-13-5-6-16-15(14(13)4-3-11-22)9-10-20(2)17(16)7-8-18(20)19(23)12-21/h13-18,22H,3-12H2,1-2H3/t13?,14-,15+,16+,17-,18+,20-/m0/s1. The Hall–Kier alpha value is 0.110. The predicted octanol–water partition coefficient (Wildman–Crippen LogP) is 4.83. The summed E-state index contributed by atoms with van der Waals surface area (Å²) in [5.41, 5.74) is 0.258. The van der Waals surface area contributed by atoms with Gasteiger partial charge in [0.1, 0.15) is 5.78 Å². The van der Waals surface area contributed by atoms with Crippen molar-refractivity contribution >= 4 is 21.7 Å². The summed E-state index contributed by atoms with van der Waals surface area (Å²) in [7, 11) is 0. The molecule has 0 aromatic rings. The van der Waals surface area contributed by atoms with Gasteiger partial charge < -0.3 is 5.11 Å². The van der Waals surface area contributed by atoms with E-state index in [9.17, 15) is 9.90 Å². The SMILES string of the molecule is CC1CC[C@@H]2[C@H](CC[C@]3(C)[C@@H](C(=O)CBr)CC[C@@H]23)[C@H]1CCCO. The third kappa shape index (κ3) is 3.05. The van der Waals surface area contributed by atoms with Crippen molar-refractivity contribution in [3.63, 3.8) is 0 Å². The van der Waals surface area contributed by atoms with Gasteiger partial charge in [-0.25, -0.2) is 0 Å². The van der Waals surface area contributed by atoms with Crippen molar-refractivity contribution in [2.75, 3.05) is 11.9 Å². The number of carbonyl (C=O) groups excluding carboxylic acids is 1. The minimum atomic E-state index is 0.258. The zero-order chi connectivity index (χ0) is 16.6. The summed E-state index contributed by atoms with van der Waals surface area (Å²) in [5.74, 6) is 4.80. The van der Waals surface area contributed by atoms with Crippen molar-refractivity contribution in [1.82, 2.24) is 0 Å². The fourth-order valence-electron chi connectivity index (χ4n) is 6.80. The summed E-state index contributed by atoms with van der Waals surface area (Å²) >= 11 is 3.41. The highest BCUT2D eigenvalue weighted by atomic mass is 79.9. The normalized spacial score (nSPS) is 46.3. The van der Waals surface area contributed by atoms with E-state index in [-0.39, 0.29) is 5.41 Å². The highest BCUT2D eigenvalue weighted by Crippen LogP contribution is 2.63. The Kier molecular flexibility index (Phi) is 5.57. The maximum absolute atomic E-state index is 12.4. The molecule has 23 heavy (non-hydrogen) atoms. The molecule has 0 aliphatic heterocycles. The zero-order valence-corrected chi connectivity index (χ0v) is 16.4. The van der Waals surface area contributed by atoms with Gasteiger partial charge in [0, 0.05) is 12.5 Å². The smallest absolute Gasteiger partial charge is 0.147 e. The van der Waals surface area contributed by atoms with Gasteiger partial charge in [-0.05, 0) is 80.0 Å². The van der Waals surface area contributed by atoms with Crippen LogP contribution in [0.1, 0.15) is 65.2 Å². The Morgan fingerprint density at radius 2 is 1.96 bits per heavy atom. The van der Waals surface area contributed by atoms with E-state index in [1.54, 1.807) is 0 Å². The second-order valence-corrected chi connectivity index (χ2v) is 9.35. The molecule has 0 aromatic heterocycles.